The summed E-state index contributed by atoms with van der Waals surface area (Å²) in [7, 11) is 0. The number of pyridine rings is 2. The van der Waals surface area contributed by atoms with Crippen LogP contribution in [0.1, 0.15) is 30.4 Å². The van der Waals surface area contributed by atoms with Crippen molar-refractivity contribution >= 4 is 22.6 Å². The normalized spacial score (nSPS) is 11.3. The Morgan fingerprint density at radius 1 is 1.17 bits per heavy atom. The van der Waals surface area contributed by atoms with Gasteiger partial charge in [0, 0.05) is 40.2 Å². The number of hydrogen-bond acceptors (Lipinski definition) is 5. The van der Waals surface area contributed by atoms with Gasteiger partial charge in [0.25, 0.3) is 5.56 Å². The van der Waals surface area contributed by atoms with Crippen LogP contribution in [0.15, 0.2) is 41.2 Å². The average molecular weight is 409 g/mol. The van der Waals surface area contributed by atoms with E-state index in [1.165, 1.54) is 0 Å². The highest BCUT2D eigenvalue weighted by atomic mass is 35.5. The Kier molecular flexibility index (Phi) is 5.40. The molecule has 148 valence electrons. The molecule has 3 heterocycles. The molecule has 4 aromatic rings. The first-order valence-corrected chi connectivity index (χ1v) is 9.97. The number of nitrogens with zero attached hydrogens (tertiary/aromatic N) is 5. The second-order valence-electron chi connectivity index (χ2n) is 6.92. The van der Waals surface area contributed by atoms with Crippen molar-refractivity contribution < 1.29 is 0 Å². The van der Waals surface area contributed by atoms with Gasteiger partial charge in [0.2, 0.25) is 0 Å². The number of benzene rings is 1. The summed E-state index contributed by atoms with van der Waals surface area (Å²) in [5.41, 5.74) is 4.15. The average Bonchev–Trinajstić information content (AvgIpc) is 3.22. The molecule has 0 aliphatic rings. The second-order valence-corrected chi connectivity index (χ2v) is 7.36. The van der Waals surface area contributed by atoms with Gasteiger partial charge in [0.1, 0.15) is 5.65 Å². The summed E-state index contributed by atoms with van der Waals surface area (Å²) in [6.07, 6.45) is 1.97. The summed E-state index contributed by atoms with van der Waals surface area (Å²) in [5.74, 6) is 0.642. The van der Waals surface area contributed by atoms with Crippen LogP contribution < -0.4 is 5.56 Å². The van der Waals surface area contributed by atoms with E-state index in [9.17, 15) is 4.79 Å². The Morgan fingerprint density at radius 2 is 2.03 bits per heavy atom. The molecule has 0 radical (unpaired) electrons. The molecule has 8 heteroatoms. The molecule has 3 aromatic heterocycles. The quantitative estimate of drug-likeness (QED) is 0.525. The van der Waals surface area contributed by atoms with Crippen LogP contribution in [0.5, 0.6) is 0 Å². The highest BCUT2D eigenvalue weighted by Gasteiger charge is 2.19. The maximum atomic E-state index is 13.4. The highest BCUT2D eigenvalue weighted by Crippen LogP contribution is 2.32. The molecule has 0 aliphatic heterocycles. The van der Waals surface area contributed by atoms with E-state index in [1.54, 1.807) is 4.57 Å². The standard InChI is InChI=1S/C21H21ClN6O/c1-3-28-20-16(11-10-13(2)23-20)19(14-6-4-7-15(22)12-14)17(21(28)29)8-5-9-18-24-26-27-25-18/h4,6-7,10-12H,3,5,8-9H2,1-2H3,(H,24,25,26,27). The van der Waals surface area contributed by atoms with Crippen LogP contribution in [0.4, 0.5) is 0 Å². The molecular formula is C21H21ClN6O. The van der Waals surface area contributed by atoms with Crippen molar-refractivity contribution in [1.82, 2.24) is 30.2 Å². The van der Waals surface area contributed by atoms with E-state index in [-0.39, 0.29) is 5.56 Å². The van der Waals surface area contributed by atoms with Gasteiger partial charge in [0.05, 0.1) is 0 Å². The van der Waals surface area contributed by atoms with Crippen molar-refractivity contribution in [3.63, 3.8) is 0 Å². The zero-order valence-corrected chi connectivity index (χ0v) is 17.1. The number of rotatable bonds is 6. The third kappa shape index (κ3) is 3.78. The molecule has 0 saturated heterocycles. The third-order valence-electron chi connectivity index (χ3n) is 4.99. The smallest absolute Gasteiger partial charge is 0.256 e. The second kappa shape index (κ2) is 8.13. The molecular weight excluding hydrogens is 388 g/mol. The van der Waals surface area contributed by atoms with E-state index in [4.69, 9.17) is 11.6 Å². The Balaban J connectivity index is 1.91. The van der Waals surface area contributed by atoms with Gasteiger partial charge in [-0.15, -0.1) is 10.2 Å². The van der Waals surface area contributed by atoms with Gasteiger partial charge in [-0.2, -0.15) is 5.21 Å². The minimum atomic E-state index is -0.0128. The van der Waals surface area contributed by atoms with Gasteiger partial charge in [-0.1, -0.05) is 28.9 Å². The maximum absolute atomic E-state index is 13.4. The molecule has 1 aromatic carbocycles. The SMILES string of the molecule is CCn1c(=O)c(CCCc2nn[nH]n2)c(-c2cccc(Cl)c2)c2ccc(C)nc21. The summed E-state index contributed by atoms with van der Waals surface area (Å²) in [5, 5.41) is 15.6. The topological polar surface area (TPSA) is 89.4 Å². The summed E-state index contributed by atoms with van der Waals surface area (Å²) in [4.78, 5) is 18.1. The Hall–Kier alpha value is -3.06. The van der Waals surface area contributed by atoms with E-state index in [2.05, 4.69) is 25.6 Å². The fourth-order valence-electron chi connectivity index (χ4n) is 3.68. The van der Waals surface area contributed by atoms with Gasteiger partial charge in [0.15, 0.2) is 5.82 Å². The first-order valence-electron chi connectivity index (χ1n) is 9.59. The van der Waals surface area contributed by atoms with Crippen LogP contribution in [0.3, 0.4) is 0 Å². The number of hydrogen-bond donors (Lipinski definition) is 1. The van der Waals surface area contributed by atoms with E-state index in [0.717, 1.165) is 34.2 Å². The number of halogens is 1. The number of aromatic amines is 1. The summed E-state index contributed by atoms with van der Waals surface area (Å²) in [6, 6.07) is 11.6. The van der Waals surface area contributed by atoms with Crippen molar-refractivity contribution in [3.8, 4) is 11.1 Å². The molecule has 0 amide bonds. The molecule has 0 aliphatic carbocycles. The largest absolute Gasteiger partial charge is 0.293 e. The van der Waals surface area contributed by atoms with Gasteiger partial charge >= 0.3 is 0 Å². The van der Waals surface area contributed by atoms with E-state index >= 15 is 0 Å². The Labute approximate surface area is 172 Å². The molecule has 0 atom stereocenters. The van der Waals surface area contributed by atoms with E-state index < -0.39 is 0 Å². The van der Waals surface area contributed by atoms with Crippen LogP contribution in [0, 0.1) is 6.92 Å². The van der Waals surface area contributed by atoms with Crippen molar-refractivity contribution in [2.45, 2.75) is 39.7 Å². The number of fused-ring (bicyclic) bond motifs is 1. The number of H-pyrrole nitrogens is 1. The predicted molar refractivity (Wildman–Crippen MR) is 113 cm³/mol. The van der Waals surface area contributed by atoms with E-state index in [0.29, 0.717) is 35.9 Å². The van der Waals surface area contributed by atoms with Crippen LogP contribution in [0.25, 0.3) is 22.2 Å². The molecule has 29 heavy (non-hydrogen) atoms. The lowest BCUT2D eigenvalue weighted by atomic mass is 9.94. The molecule has 4 rings (SSSR count). The summed E-state index contributed by atoms with van der Waals surface area (Å²) >= 11 is 6.27. The molecule has 0 unspecified atom stereocenters. The minimum Gasteiger partial charge on any atom is -0.293 e. The van der Waals surface area contributed by atoms with Crippen molar-refractivity contribution in [3.05, 3.63) is 68.9 Å². The minimum absolute atomic E-state index is 0.0128. The van der Waals surface area contributed by atoms with Gasteiger partial charge in [-0.05, 0) is 56.5 Å². The lowest BCUT2D eigenvalue weighted by Crippen LogP contribution is -2.25. The monoisotopic (exact) mass is 408 g/mol. The predicted octanol–water partition coefficient (Wildman–Crippen LogP) is 3.73. The maximum Gasteiger partial charge on any atom is 0.256 e. The first-order chi connectivity index (χ1) is 14.1. The zero-order valence-electron chi connectivity index (χ0n) is 16.3. The van der Waals surface area contributed by atoms with Crippen LogP contribution in [-0.2, 0) is 19.4 Å². The van der Waals surface area contributed by atoms with Crippen molar-refractivity contribution in [1.29, 1.82) is 0 Å². The molecule has 0 spiro atoms. The van der Waals surface area contributed by atoms with Gasteiger partial charge < -0.3 is 0 Å². The summed E-state index contributed by atoms with van der Waals surface area (Å²) < 4.78 is 1.75. The number of tetrazole rings is 1. The highest BCUT2D eigenvalue weighted by molar-refractivity contribution is 6.30. The molecule has 7 nitrogen and oxygen atoms in total. The Bertz CT molecular complexity index is 1220. The van der Waals surface area contributed by atoms with Gasteiger partial charge in [-0.3, -0.25) is 9.36 Å². The lowest BCUT2D eigenvalue weighted by molar-refractivity contribution is 0.716. The van der Waals surface area contributed by atoms with Crippen LogP contribution in [-0.4, -0.2) is 30.2 Å². The van der Waals surface area contributed by atoms with Crippen molar-refractivity contribution in [2.75, 3.05) is 0 Å². The fourth-order valence-corrected chi connectivity index (χ4v) is 3.87. The molecule has 1 N–H and O–H groups in total. The first kappa shape index (κ1) is 19.3. The molecule has 0 fully saturated rings. The number of nitrogens with one attached hydrogen (secondary N) is 1. The van der Waals surface area contributed by atoms with Crippen LogP contribution in [0.2, 0.25) is 5.02 Å². The fraction of sp³-hybridized carbons (Fsp3) is 0.286. The molecule has 0 saturated carbocycles. The Morgan fingerprint density at radius 3 is 2.76 bits per heavy atom. The van der Waals surface area contributed by atoms with Crippen molar-refractivity contribution in [2.24, 2.45) is 0 Å². The van der Waals surface area contributed by atoms with E-state index in [1.807, 2.05) is 50.2 Å². The third-order valence-corrected chi connectivity index (χ3v) is 5.23. The number of aromatic nitrogens is 6. The number of aryl methyl sites for hydroxylation is 3. The van der Waals surface area contributed by atoms with Crippen LogP contribution >= 0.6 is 11.6 Å². The van der Waals surface area contributed by atoms with Gasteiger partial charge in [-0.25, -0.2) is 4.98 Å². The molecule has 0 bridgehead atoms. The lowest BCUT2D eigenvalue weighted by Gasteiger charge is -2.17. The zero-order chi connectivity index (χ0) is 20.4. The summed E-state index contributed by atoms with van der Waals surface area (Å²) in [6.45, 7) is 4.45.